The van der Waals surface area contributed by atoms with Gasteiger partial charge in [-0.25, -0.2) is 4.79 Å². The number of anilines is 1. The first-order valence-electron chi connectivity index (χ1n) is 11.3. The number of aryl methyl sites for hydroxylation is 1. The van der Waals surface area contributed by atoms with E-state index in [1.807, 2.05) is 23.6 Å². The van der Waals surface area contributed by atoms with Crippen LogP contribution in [0.1, 0.15) is 72.4 Å². The van der Waals surface area contributed by atoms with Crippen LogP contribution >= 0.6 is 11.3 Å². The third kappa shape index (κ3) is 4.95. The molecule has 1 unspecified atom stereocenters. The van der Waals surface area contributed by atoms with Crippen molar-refractivity contribution in [3.05, 3.63) is 50.7 Å². The Hall–Kier alpha value is -2.75. The summed E-state index contributed by atoms with van der Waals surface area (Å²) in [4.78, 5) is 39.3. The van der Waals surface area contributed by atoms with Gasteiger partial charge in [0.2, 0.25) is 11.8 Å². The molecule has 9 heteroatoms. The summed E-state index contributed by atoms with van der Waals surface area (Å²) in [5, 5.41) is 20.9. The molecule has 1 aromatic carbocycles. The molecular weight excluding hydrogens is 440 g/mol. The minimum atomic E-state index is -0.898. The molecule has 3 heterocycles. The molecule has 4 rings (SSSR count). The molecule has 2 atom stereocenters. The van der Waals surface area contributed by atoms with Crippen molar-refractivity contribution in [3.63, 3.8) is 0 Å². The van der Waals surface area contributed by atoms with Gasteiger partial charge in [-0.15, -0.1) is 11.3 Å². The zero-order chi connectivity index (χ0) is 23.7. The van der Waals surface area contributed by atoms with Gasteiger partial charge in [0.1, 0.15) is 6.23 Å². The molecule has 0 aliphatic carbocycles. The molecule has 8 nitrogen and oxygen atoms in total. The summed E-state index contributed by atoms with van der Waals surface area (Å²) in [6.45, 7) is 7.03. The maximum Gasteiger partial charge on any atom is 0.319 e. The maximum atomic E-state index is 12.5. The van der Waals surface area contributed by atoms with Gasteiger partial charge in [-0.2, -0.15) is 0 Å². The SMILES string of the molecule is Cc1ccc(NC(=O)NCc2scc3c2CN([C@H]2CCCC(=O)NC2=O)C3O)cc1C(C)C. The number of carbonyl (C=O) groups excluding carboxylic acids is 3. The van der Waals surface area contributed by atoms with E-state index in [0.717, 1.165) is 21.7 Å². The normalized spacial score (nSPS) is 21.0. The molecule has 176 valence electrons. The Morgan fingerprint density at radius 3 is 2.88 bits per heavy atom. The number of urea groups is 1. The molecule has 0 bridgehead atoms. The lowest BCUT2D eigenvalue weighted by Gasteiger charge is -2.28. The van der Waals surface area contributed by atoms with Gasteiger partial charge in [0.15, 0.2) is 0 Å². The van der Waals surface area contributed by atoms with E-state index < -0.39 is 12.3 Å². The fraction of sp³-hybridized carbons (Fsp3) is 0.458. The molecule has 0 saturated carbocycles. The van der Waals surface area contributed by atoms with Crippen LogP contribution in [-0.4, -0.2) is 33.9 Å². The molecular formula is C24H30N4O4S. The minimum Gasteiger partial charge on any atom is -0.374 e. The van der Waals surface area contributed by atoms with Gasteiger partial charge in [-0.3, -0.25) is 19.8 Å². The Morgan fingerprint density at radius 1 is 1.33 bits per heavy atom. The molecule has 2 aromatic rings. The molecule has 1 saturated heterocycles. The van der Waals surface area contributed by atoms with Gasteiger partial charge in [-0.05, 0) is 59.9 Å². The summed E-state index contributed by atoms with van der Waals surface area (Å²) in [5.74, 6) is -0.259. The highest BCUT2D eigenvalue weighted by Crippen LogP contribution is 2.40. The number of thiophene rings is 1. The fourth-order valence-electron chi connectivity index (χ4n) is 4.57. The van der Waals surface area contributed by atoms with Crippen molar-refractivity contribution >= 4 is 34.9 Å². The Balaban J connectivity index is 1.39. The molecule has 0 radical (unpaired) electrons. The van der Waals surface area contributed by atoms with E-state index in [1.54, 1.807) is 4.90 Å². The average Bonchev–Trinajstić information content (AvgIpc) is 3.25. The summed E-state index contributed by atoms with van der Waals surface area (Å²) in [6.07, 6.45) is 0.541. The number of nitrogens with zero attached hydrogens (tertiary/aromatic N) is 1. The highest BCUT2D eigenvalue weighted by Gasteiger charge is 2.40. The van der Waals surface area contributed by atoms with Gasteiger partial charge in [0, 0.05) is 29.1 Å². The van der Waals surface area contributed by atoms with Crippen molar-refractivity contribution in [3.8, 4) is 0 Å². The molecule has 4 N–H and O–H groups in total. The predicted octanol–water partition coefficient (Wildman–Crippen LogP) is 3.50. The van der Waals surface area contributed by atoms with Gasteiger partial charge in [0.05, 0.1) is 12.6 Å². The monoisotopic (exact) mass is 470 g/mol. The zero-order valence-electron chi connectivity index (χ0n) is 19.1. The van der Waals surface area contributed by atoms with E-state index in [9.17, 15) is 19.5 Å². The lowest BCUT2D eigenvalue weighted by atomic mass is 9.97. The van der Waals surface area contributed by atoms with E-state index in [0.29, 0.717) is 38.3 Å². The molecule has 4 amide bonds. The van der Waals surface area contributed by atoms with Crippen LogP contribution in [0.2, 0.25) is 0 Å². The van der Waals surface area contributed by atoms with Gasteiger partial charge < -0.3 is 15.7 Å². The number of benzene rings is 1. The van der Waals surface area contributed by atoms with Crippen molar-refractivity contribution in [2.24, 2.45) is 0 Å². The number of imide groups is 1. The lowest BCUT2D eigenvalue weighted by molar-refractivity contribution is -0.135. The number of hydrogen-bond acceptors (Lipinski definition) is 6. The smallest absolute Gasteiger partial charge is 0.319 e. The number of amides is 4. The Bertz CT molecular complexity index is 1080. The Kier molecular flexibility index (Phi) is 6.83. The first-order chi connectivity index (χ1) is 15.7. The highest BCUT2D eigenvalue weighted by molar-refractivity contribution is 7.10. The standard InChI is InChI=1S/C24H30N4O4S/c1-13(2)16-9-15(8-7-14(16)3)26-24(32)25-10-20-17-11-28(23(31)18(17)12-33-20)19-5-4-6-21(29)27-22(19)30/h7-9,12-13,19,23,31H,4-6,10-11H2,1-3H3,(H2,25,26,32)(H,27,29,30)/t19-,23?/m0/s1. The number of aliphatic hydroxyl groups excluding tert-OH is 1. The van der Waals surface area contributed by atoms with Crippen LogP contribution in [0.5, 0.6) is 0 Å². The zero-order valence-corrected chi connectivity index (χ0v) is 19.9. The van der Waals surface area contributed by atoms with E-state index in [4.69, 9.17) is 0 Å². The van der Waals surface area contributed by atoms with Crippen molar-refractivity contribution in [1.82, 2.24) is 15.5 Å². The molecule has 2 aliphatic heterocycles. The van der Waals surface area contributed by atoms with Gasteiger partial charge in [-0.1, -0.05) is 19.9 Å². The lowest BCUT2D eigenvalue weighted by Crippen LogP contribution is -2.46. The molecule has 1 aromatic heterocycles. The van der Waals surface area contributed by atoms with Gasteiger partial charge in [0.25, 0.3) is 0 Å². The average molecular weight is 471 g/mol. The Morgan fingerprint density at radius 2 is 2.12 bits per heavy atom. The maximum absolute atomic E-state index is 12.5. The molecule has 0 spiro atoms. The number of rotatable bonds is 5. The van der Waals surface area contributed by atoms with E-state index >= 15 is 0 Å². The van der Waals surface area contributed by atoms with E-state index in [-0.39, 0.29) is 17.8 Å². The van der Waals surface area contributed by atoms with Crippen LogP contribution in [0.4, 0.5) is 10.5 Å². The van der Waals surface area contributed by atoms with E-state index in [2.05, 4.69) is 36.7 Å². The first-order valence-corrected chi connectivity index (χ1v) is 12.1. The van der Waals surface area contributed by atoms with Crippen molar-refractivity contribution in [2.75, 3.05) is 5.32 Å². The van der Waals surface area contributed by atoms with E-state index in [1.165, 1.54) is 22.5 Å². The highest BCUT2D eigenvalue weighted by atomic mass is 32.1. The summed E-state index contributed by atoms with van der Waals surface area (Å²) >= 11 is 1.48. The minimum absolute atomic E-state index is 0.268. The summed E-state index contributed by atoms with van der Waals surface area (Å²) < 4.78 is 0. The summed E-state index contributed by atoms with van der Waals surface area (Å²) in [7, 11) is 0. The second-order valence-electron chi connectivity index (χ2n) is 8.99. The van der Waals surface area contributed by atoms with Crippen LogP contribution in [-0.2, 0) is 22.7 Å². The van der Waals surface area contributed by atoms with Crippen LogP contribution in [0, 0.1) is 6.92 Å². The first kappa shape index (κ1) is 23.4. The predicted molar refractivity (Wildman–Crippen MR) is 127 cm³/mol. The number of carbonyl (C=O) groups is 3. The Labute approximate surface area is 197 Å². The molecule has 33 heavy (non-hydrogen) atoms. The fourth-order valence-corrected chi connectivity index (χ4v) is 5.59. The largest absolute Gasteiger partial charge is 0.374 e. The van der Waals surface area contributed by atoms with Crippen LogP contribution in [0.3, 0.4) is 0 Å². The van der Waals surface area contributed by atoms with Gasteiger partial charge >= 0.3 is 6.03 Å². The van der Waals surface area contributed by atoms with Crippen LogP contribution < -0.4 is 16.0 Å². The number of nitrogens with one attached hydrogen (secondary N) is 3. The third-order valence-electron chi connectivity index (χ3n) is 6.36. The van der Waals surface area contributed by atoms with Crippen LogP contribution in [0.25, 0.3) is 0 Å². The van der Waals surface area contributed by atoms with Crippen molar-refractivity contribution in [2.45, 2.75) is 71.3 Å². The summed E-state index contributed by atoms with van der Waals surface area (Å²) in [6, 6.07) is 5.04. The molecule has 2 aliphatic rings. The van der Waals surface area contributed by atoms with Crippen molar-refractivity contribution in [1.29, 1.82) is 0 Å². The topological polar surface area (TPSA) is 111 Å². The second-order valence-corrected chi connectivity index (χ2v) is 9.96. The quantitative estimate of drug-likeness (QED) is 0.500. The molecule has 1 fully saturated rings. The third-order valence-corrected chi connectivity index (χ3v) is 7.41. The number of fused-ring (bicyclic) bond motifs is 1. The summed E-state index contributed by atoms with van der Waals surface area (Å²) in [5.41, 5.74) is 4.84. The second kappa shape index (κ2) is 9.62. The number of hydrogen-bond donors (Lipinski definition) is 4. The van der Waals surface area contributed by atoms with Crippen molar-refractivity contribution < 1.29 is 19.5 Å². The van der Waals surface area contributed by atoms with Crippen LogP contribution in [0.15, 0.2) is 23.6 Å². The number of aliphatic hydroxyl groups is 1.